The van der Waals surface area contributed by atoms with E-state index in [1.807, 2.05) is 31.2 Å². The molecule has 1 atom stereocenters. The number of nitrogens with zero attached hydrogens (tertiary/aromatic N) is 1. The highest BCUT2D eigenvalue weighted by atomic mass is 35.5. The number of nitrogens with one attached hydrogen (secondary N) is 2. The number of hydrogen-bond donors (Lipinski definition) is 2. The van der Waals surface area contributed by atoms with Crippen molar-refractivity contribution in [3.05, 3.63) is 59.1 Å². The number of aliphatic imine (C=N–C) groups is 1. The highest BCUT2D eigenvalue weighted by Gasteiger charge is 2.32. The second kappa shape index (κ2) is 7.72. The van der Waals surface area contributed by atoms with Gasteiger partial charge >= 0.3 is 0 Å². The summed E-state index contributed by atoms with van der Waals surface area (Å²) in [4.78, 5) is 28.5. The van der Waals surface area contributed by atoms with Crippen LogP contribution in [0.2, 0.25) is 5.02 Å². The van der Waals surface area contributed by atoms with Gasteiger partial charge in [0.15, 0.2) is 5.17 Å². The zero-order valence-electron chi connectivity index (χ0n) is 13.5. The highest BCUT2D eigenvalue weighted by Crippen LogP contribution is 2.26. The van der Waals surface area contributed by atoms with Crippen LogP contribution in [0.4, 0.5) is 11.4 Å². The first kappa shape index (κ1) is 17.5. The molecule has 1 saturated heterocycles. The molecule has 25 heavy (non-hydrogen) atoms. The number of carbonyl (C=O) groups is 2. The molecule has 0 saturated carbocycles. The van der Waals surface area contributed by atoms with Gasteiger partial charge in [-0.2, -0.15) is 0 Å². The lowest BCUT2D eigenvalue weighted by molar-refractivity contribution is -0.122. The molecule has 5 nitrogen and oxygen atoms in total. The van der Waals surface area contributed by atoms with Crippen molar-refractivity contribution < 1.29 is 9.59 Å². The minimum atomic E-state index is -0.489. The molecular weight excluding hydrogens is 358 g/mol. The van der Waals surface area contributed by atoms with Gasteiger partial charge in [-0.15, -0.1) is 0 Å². The van der Waals surface area contributed by atoms with Gasteiger partial charge in [-0.1, -0.05) is 41.1 Å². The van der Waals surface area contributed by atoms with E-state index < -0.39 is 5.25 Å². The standard InChI is InChI=1S/C18H16ClN3O2S/c1-11-2-6-13(7-3-11)20-16(23)10-15-17(24)22-18(25-15)21-14-8-4-12(19)5-9-14/h2-9,15H,10H2,1H3,(H,20,23)(H,21,22,24)/t15-/m0/s1. The first-order valence-corrected chi connectivity index (χ1v) is 8.94. The summed E-state index contributed by atoms with van der Waals surface area (Å²) in [5, 5.41) is 6.13. The molecule has 2 amide bonds. The Morgan fingerprint density at radius 3 is 2.56 bits per heavy atom. The van der Waals surface area contributed by atoms with Crippen LogP contribution in [-0.2, 0) is 9.59 Å². The minimum Gasteiger partial charge on any atom is -0.326 e. The van der Waals surface area contributed by atoms with Crippen molar-refractivity contribution in [1.29, 1.82) is 0 Å². The number of aryl methyl sites for hydroxylation is 1. The van der Waals surface area contributed by atoms with Gasteiger partial charge in [-0.3, -0.25) is 9.59 Å². The number of benzene rings is 2. The molecule has 1 fully saturated rings. The lowest BCUT2D eigenvalue weighted by Gasteiger charge is -2.07. The summed E-state index contributed by atoms with van der Waals surface area (Å²) in [5.41, 5.74) is 2.53. The van der Waals surface area contributed by atoms with E-state index >= 15 is 0 Å². The zero-order chi connectivity index (χ0) is 17.8. The number of hydrogen-bond acceptors (Lipinski definition) is 4. The molecular formula is C18H16ClN3O2S. The lowest BCUT2D eigenvalue weighted by atomic mass is 10.2. The molecule has 0 unspecified atom stereocenters. The van der Waals surface area contributed by atoms with E-state index in [0.717, 1.165) is 5.56 Å². The fourth-order valence-electron chi connectivity index (χ4n) is 2.24. The number of amides is 2. The van der Waals surface area contributed by atoms with E-state index in [2.05, 4.69) is 15.6 Å². The first-order chi connectivity index (χ1) is 12.0. The van der Waals surface area contributed by atoms with E-state index in [9.17, 15) is 9.59 Å². The molecule has 0 aromatic heterocycles. The van der Waals surface area contributed by atoms with Crippen molar-refractivity contribution in [2.45, 2.75) is 18.6 Å². The van der Waals surface area contributed by atoms with Crippen molar-refractivity contribution in [2.24, 2.45) is 4.99 Å². The second-order valence-corrected chi connectivity index (χ2v) is 7.24. The molecule has 2 aromatic rings. The third-order valence-electron chi connectivity index (χ3n) is 3.54. The Kier molecular flexibility index (Phi) is 5.40. The maximum atomic E-state index is 12.1. The molecule has 1 aliphatic rings. The summed E-state index contributed by atoms with van der Waals surface area (Å²) >= 11 is 7.09. The van der Waals surface area contributed by atoms with E-state index in [4.69, 9.17) is 11.6 Å². The smallest absolute Gasteiger partial charge is 0.240 e. The summed E-state index contributed by atoms with van der Waals surface area (Å²) in [6, 6.07) is 14.5. The number of rotatable bonds is 4. The molecule has 1 aliphatic heterocycles. The van der Waals surface area contributed by atoms with Crippen LogP contribution in [0.5, 0.6) is 0 Å². The molecule has 0 aliphatic carbocycles. The van der Waals surface area contributed by atoms with Gasteiger partial charge in [-0.25, -0.2) is 4.99 Å². The minimum absolute atomic E-state index is 0.0873. The van der Waals surface area contributed by atoms with Crippen LogP contribution in [0.15, 0.2) is 53.5 Å². The molecule has 128 valence electrons. The van der Waals surface area contributed by atoms with Crippen LogP contribution in [-0.4, -0.2) is 22.2 Å². The highest BCUT2D eigenvalue weighted by molar-refractivity contribution is 8.15. The van der Waals surface area contributed by atoms with Crippen LogP contribution in [0.1, 0.15) is 12.0 Å². The van der Waals surface area contributed by atoms with E-state index in [-0.39, 0.29) is 18.2 Å². The Balaban J connectivity index is 1.59. The summed E-state index contributed by atoms with van der Waals surface area (Å²) in [6.07, 6.45) is 0.0873. The van der Waals surface area contributed by atoms with Gasteiger partial charge in [0, 0.05) is 17.1 Å². The van der Waals surface area contributed by atoms with E-state index in [1.165, 1.54) is 11.8 Å². The quantitative estimate of drug-likeness (QED) is 0.853. The predicted octanol–water partition coefficient (Wildman–Crippen LogP) is 3.90. The molecule has 7 heteroatoms. The van der Waals surface area contributed by atoms with Gasteiger partial charge in [0.2, 0.25) is 11.8 Å². The van der Waals surface area contributed by atoms with E-state index in [1.54, 1.807) is 24.3 Å². The molecule has 0 spiro atoms. The number of amidine groups is 1. The Labute approximate surface area is 154 Å². The third-order valence-corrected chi connectivity index (χ3v) is 4.87. The number of halogens is 1. The van der Waals surface area contributed by atoms with Gasteiger partial charge in [0.1, 0.15) is 5.25 Å². The molecule has 0 radical (unpaired) electrons. The topological polar surface area (TPSA) is 70.6 Å². The van der Waals surface area contributed by atoms with Gasteiger partial charge in [0.05, 0.1) is 5.69 Å². The first-order valence-electron chi connectivity index (χ1n) is 7.68. The fourth-order valence-corrected chi connectivity index (χ4v) is 3.36. The summed E-state index contributed by atoms with van der Waals surface area (Å²) in [7, 11) is 0. The summed E-state index contributed by atoms with van der Waals surface area (Å²) in [6.45, 7) is 1.98. The largest absolute Gasteiger partial charge is 0.326 e. The van der Waals surface area contributed by atoms with Crippen molar-refractivity contribution in [3.8, 4) is 0 Å². The maximum absolute atomic E-state index is 12.1. The SMILES string of the molecule is Cc1ccc(NC(=O)C[C@@H]2SC(=Nc3ccc(Cl)cc3)NC2=O)cc1. The Bertz CT molecular complexity index is 819. The average Bonchev–Trinajstić information content (AvgIpc) is 2.91. The van der Waals surface area contributed by atoms with Crippen LogP contribution in [0, 0.1) is 6.92 Å². The molecule has 0 bridgehead atoms. The van der Waals surface area contributed by atoms with Crippen LogP contribution >= 0.6 is 23.4 Å². The van der Waals surface area contributed by atoms with Crippen LogP contribution in [0.3, 0.4) is 0 Å². The van der Waals surface area contributed by atoms with Gasteiger partial charge < -0.3 is 10.6 Å². The molecule has 1 heterocycles. The van der Waals surface area contributed by atoms with Crippen molar-refractivity contribution in [2.75, 3.05) is 5.32 Å². The van der Waals surface area contributed by atoms with Gasteiger partial charge in [-0.05, 0) is 43.3 Å². The van der Waals surface area contributed by atoms with E-state index in [0.29, 0.717) is 21.6 Å². The molecule has 2 N–H and O–H groups in total. The Hall–Kier alpha value is -2.31. The monoisotopic (exact) mass is 373 g/mol. The fraction of sp³-hybridized carbons (Fsp3) is 0.167. The number of anilines is 1. The third kappa shape index (κ3) is 4.84. The predicted molar refractivity (Wildman–Crippen MR) is 102 cm³/mol. The molecule has 2 aromatic carbocycles. The summed E-state index contributed by atoms with van der Waals surface area (Å²) in [5.74, 6) is -0.416. The average molecular weight is 374 g/mol. The molecule has 3 rings (SSSR count). The number of carbonyl (C=O) groups excluding carboxylic acids is 2. The normalized spacial score (nSPS) is 18.2. The van der Waals surface area contributed by atoms with Crippen LogP contribution in [0.25, 0.3) is 0 Å². The Morgan fingerprint density at radius 1 is 1.20 bits per heavy atom. The maximum Gasteiger partial charge on any atom is 0.240 e. The van der Waals surface area contributed by atoms with Crippen molar-refractivity contribution in [3.63, 3.8) is 0 Å². The second-order valence-electron chi connectivity index (χ2n) is 5.61. The number of thioether (sulfide) groups is 1. The lowest BCUT2D eigenvalue weighted by Crippen LogP contribution is -2.28. The zero-order valence-corrected chi connectivity index (χ0v) is 15.0. The van der Waals surface area contributed by atoms with Crippen molar-refractivity contribution >= 4 is 51.7 Å². The van der Waals surface area contributed by atoms with Crippen molar-refractivity contribution in [1.82, 2.24) is 5.32 Å². The van der Waals surface area contributed by atoms with Gasteiger partial charge in [0.25, 0.3) is 0 Å². The summed E-state index contributed by atoms with van der Waals surface area (Å²) < 4.78 is 0. The Morgan fingerprint density at radius 2 is 1.88 bits per heavy atom. The van der Waals surface area contributed by atoms with Crippen LogP contribution < -0.4 is 10.6 Å².